The molecule has 0 spiro atoms. The molecule has 3 aromatic rings. The number of rotatable bonds is 4. The van der Waals surface area contributed by atoms with E-state index in [9.17, 15) is 13.6 Å². The lowest BCUT2D eigenvalue weighted by atomic mass is 9.96. The maximum absolute atomic E-state index is 13.8. The van der Waals surface area contributed by atoms with Gasteiger partial charge in [-0.15, -0.1) is 11.3 Å². The van der Waals surface area contributed by atoms with Crippen molar-refractivity contribution in [1.82, 2.24) is 9.88 Å². The number of halogens is 2. The fourth-order valence-electron chi connectivity index (χ4n) is 3.59. The molecule has 0 radical (unpaired) electrons. The van der Waals surface area contributed by atoms with E-state index < -0.39 is 17.7 Å². The predicted molar refractivity (Wildman–Crippen MR) is 108 cm³/mol. The Morgan fingerprint density at radius 3 is 2.71 bits per heavy atom. The van der Waals surface area contributed by atoms with E-state index in [4.69, 9.17) is 4.98 Å². The topological polar surface area (TPSA) is 45.2 Å². The Labute approximate surface area is 166 Å². The van der Waals surface area contributed by atoms with Crippen molar-refractivity contribution in [3.63, 3.8) is 0 Å². The molecular weight excluding hydrogens is 380 g/mol. The second kappa shape index (κ2) is 7.93. The second-order valence-electron chi connectivity index (χ2n) is 7.12. The zero-order chi connectivity index (χ0) is 19.7. The Morgan fingerprint density at radius 1 is 1.21 bits per heavy atom. The summed E-state index contributed by atoms with van der Waals surface area (Å²) < 4.78 is 28.3. The average Bonchev–Trinajstić information content (AvgIpc) is 3.14. The van der Waals surface area contributed by atoms with E-state index >= 15 is 0 Å². The van der Waals surface area contributed by atoms with Crippen LogP contribution in [0.5, 0.6) is 0 Å². The van der Waals surface area contributed by atoms with Crippen LogP contribution in [0.15, 0.2) is 42.5 Å². The number of thiazole rings is 1. The highest BCUT2D eigenvalue weighted by molar-refractivity contribution is 7.18. The van der Waals surface area contributed by atoms with Crippen molar-refractivity contribution in [1.29, 1.82) is 0 Å². The van der Waals surface area contributed by atoms with Crippen LogP contribution in [0.4, 0.5) is 14.5 Å². The maximum atomic E-state index is 13.8. The molecule has 0 bridgehead atoms. The summed E-state index contributed by atoms with van der Waals surface area (Å²) in [5.74, 6) is -1.16. The van der Waals surface area contributed by atoms with E-state index in [-0.39, 0.29) is 11.6 Å². The van der Waals surface area contributed by atoms with Gasteiger partial charge in [0.05, 0.1) is 27.0 Å². The van der Waals surface area contributed by atoms with Crippen LogP contribution >= 0.6 is 11.3 Å². The number of carbonyl (C=O) groups is 1. The number of likely N-dealkylation sites (tertiary alicyclic amines) is 1. The zero-order valence-corrected chi connectivity index (χ0v) is 16.3. The van der Waals surface area contributed by atoms with Gasteiger partial charge in [-0.25, -0.2) is 13.8 Å². The van der Waals surface area contributed by atoms with Gasteiger partial charge in [0.15, 0.2) is 0 Å². The number of benzene rings is 2. The number of hydrogen-bond donors (Lipinski definition) is 1. The van der Waals surface area contributed by atoms with Crippen molar-refractivity contribution in [2.45, 2.75) is 31.7 Å². The van der Waals surface area contributed by atoms with E-state index in [0.29, 0.717) is 5.92 Å². The van der Waals surface area contributed by atoms with Crippen molar-refractivity contribution in [3.8, 4) is 0 Å². The quantitative estimate of drug-likeness (QED) is 0.684. The lowest BCUT2D eigenvalue weighted by Gasteiger charge is -2.34. The lowest BCUT2D eigenvalue weighted by molar-refractivity contribution is -0.121. The van der Waals surface area contributed by atoms with Gasteiger partial charge in [-0.2, -0.15) is 0 Å². The first-order valence-electron chi connectivity index (χ1n) is 9.36. The van der Waals surface area contributed by atoms with Crippen molar-refractivity contribution in [3.05, 3.63) is 59.1 Å². The largest absolute Gasteiger partial charge is 0.322 e. The van der Waals surface area contributed by atoms with Crippen molar-refractivity contribution in [2.75, 3.05) is 18.4 Å². The third-order valence-electron chi connectivity index (χ3n) is 5.30. The number of fused-ring (bicyclic) bond motifs is 1. The van der Waals surface area contributed by atoms with Gasteiger partial charge in [0, 0.05) is 12.0 Å². The number of nitrogens with zero attached hydrogens (tertiary/aromatic N) is 2. The zero-order valence-electron chi connectivity index (χ0n) is 15.5. The molecule has 1 saturated heterocycles. The Morgan fingerprint density at radius 2 is 1.96 bits per heavy atom. The van der Waals surface area contributed by atoms with Crippen LogP contribution in [0.25, 0.3) is 10.2 Å². The van der Waals surface area contributed by atoms with E-state index in [1.54, 1.807) is 18.3 Å². The standard InChI is InChI=1S/C21H21F2N3OS/c1-13(20(27)24-18-12-15(22)6-7-16(18)23)26-10-8-14(9-11-26)21-25-17-4-2-3-5-19(17)28-21/h2-7,12-14H,8-11H2,1H3,(H,24,27). The molecule has 2 aromatic carbocycles. The van der Waals surface area contributed by atoms with Crippen molar-refractivity contribution in [2.24, 2.45) is 0 Å². The molecule has 1 unspecified atom stereocenters. The molecule has 1 amide bonds. The van der Waals surface area contributed by atoms with Gasteiger partial charge in [0.2, 0.25) is 5.91 Å². The predicted octanol–water partition coefficient (Wildman–Crippen LogP) is 4.78. The molecule has 0 saturated carbocycles. The van der Waals surface area contributed by atoms with Crippen LogP contribution in [-0.2, 0) is 4.79 Å². The Hall–Kier alpha value is -2.38. The number of piperidine rings is 1. The third-order valence-corrected chi connectivity index (χ3v) is 6.50. The van der Waals surface area contributed by atoms with E-state index in [1.807, 2.05) is 18.2 Å². The molecule has 146 valence electrons. The van der Waals surface area contributed by atoms with Gasteiger partial charge in [-0.1, -0.05) is 12.1 Å². The van der Waals surface area contributed by atoms with Gasteiger partial charge < -0.3 is 5.32 Å². The van der Waals surface area contributed by atoms with E-state index in [0.717, 1.165) is 54.7 Å². The molecule has 0 aliphatic carbocycles. The highest BCUT2D eigenvalue weighted by atomic mass is 32.1. The van der Waals surface area contributed by atoms with Gasteiger partial charge >= 0.3 is 0 Å². The minimum absolute atomic E-state index is 0.124. The molecule has 1 aliphatic rings. The Balaban J connectivity index is 1.37. The summed E-state index contributed by atoms with van der Waals surface area (Å²) in [4.78, 5) is 19.3. The van der Waals surface area contributed by atoms with Gasteiger partial charge in [-0.05, 0) is 57.1 Å². The van der Waals surface area contributed by atoms with Crippen LogP contribution in [0.2, 0.25) is 0 Å². The number of para-hydroxylation sites is 1. The number of nitrogens with one attached hydrogen (secondary N) is 1. The summed E-state index contributed by atoms with van der Waals surface area (Å²) in [5.41, 5.74) is 0.913. The summed E-state index contributed by atoms with van der Waals surface area (Å²) in [5, 5.41) is 3.66. The van der Waals surface area contributed by atoms with Crippen molar-refractivity contribution < 1.29 is 13.6 Å². The minimum atomic E-state index is -0.642. The number of hydrogen-bond acceptors (Lipinski definition) is 4. The van der Waals surface area contributed by atoms with Crippen LogP contribution < -0.4 is 5.32 Å². The molecule has 1 aromatic heterocycles. The average molecular weight is 401 g/mol. The van der Waals surface area contributed by atoms with Crippen LogP contribution in [0.1, 0.15) is 30.7 Å². The summed E-state index contributed by atoms with van der Waals surface area (Å²) in [6, 6.07) is 10.8. The van der Waals surface area contributed by atoms with E-state index in [1.165, 1.54) is 4.70 Å². The minimum Gasteiger partial charge on any atom is -0.322 e. The summed E-state index contributed by atoms with van der Waals surface area (Å²) in [7, 11) is 0. The van der Waals surface area contributed by atoms with Gasteiger partial charge in [0.1, 0.15) is 11.6 Å². The molecule has 4 rings (SSSR count). The normalized spacial score (nSPS) is 17.0. The molecule has 1 aliphatic heterocycles. The summed E-state index contributed by atoms with van der Waals surface area (Å²) in [6.45, 7) is 3.33. The van der Waals surface area contributed by atoms with Gasteiger partial charge in [-0.3, -0.25) is 9.69 Å². The first kappa shape index (κ1) is 19.0. The second-order valence-corrected chi connectivity index (χ2v) is 8.18. The first-order valence-corrected chi connectivity index (χ1v) is 10.2. The molecule has 1 N–H and O–H groups in total. The van der Waals surface area contributed by atoms with Crippen LogP contribution in [-0.4, -0.2) is 34.9 Å². The third kappa shape index (κ3) is 3.91. The Bertz CT molecular complexity index is 965. The van der Waals surface area contributed by atoms with Crippen LogP contribution in [0, 0.1) is 11.6 Å². The molecule has 7 heteroatoms. The van der Waals surface area contributed by atoms with Crippen molar-refractivity contribution >= 4 is 33.1 Å². The molecule has 28 heavy (non-hydrogen) atoms. The highest BCUT2D eigenvalue weighted by Gasteiger charge is 2.29. The molecular formula is C21H21F2N3OS. The number of anilines is 1. The fourth-order valence-corrected chi connectivity index (χ4v) is 4.73. The maximum Gasteiger partial charge on any atom is 0.241 e. The van der Waals surface area contributed by atoms with Crippen LogP contribution in [0.3, 0.4) is 0 Å². The fraction of sp³-hybridized carbons (Fsp3) is 0.333. The molecule has 1 fully saturated rings. The lowest BCUT2D eigenvalue weighted by Crippen LogP contribution is -2.45. The first-order chi connectivity index (χ1) is 13.5. The molecule has 1 atom stereocenters. The highest BCUT2D eigenvalue weighted by Crippen LogP contribution is 2.34. The smallest absolute Gasteiger partial charge is 0.241 e. The number of amides is 1. The summed E-state index contributed by atoms with van der Waals surface area (Å²) in [6.07, 6.45) is 1.84. The number of carbonyl (C=O) groups excluding carboxylic acids is 1. The SMILES string of the molecule is CC(C(=O)Nc1cc(F)ccc1F)N1CCC(c2nc3ccccc3s2)CC1. The molecule has 2 heterocycles. The van der Waals surface area contributed by atoms with E-state index in [2.05, 4.69) is 16.3 Å². The summed E-state index contributed by atoms with van der Waals surface area (Å²) >= 11 is 1.74. The molecule has 4 nitrogen and oxygen atoms in total. The monoisotopic (exact) mass is 401 g/mol. The van der Waals surface area contributed by atoms with Gasteiger partial charge in [0.25, 0.3) is 0 Å². The number of aromatic nitrogens is 1. The Kier molecular flexibility index (Phi) is 5.37.